The lowest BCUT2D eigenvalue weighted by Crippen LogP contribution is -2.50. The van der Waals surface area contributed by atoms with Gasteiger partial charge in [0.25, 0.3) is 5.89 Å². The van der Waals surface area contributed by atoms with E-state index in [0.717, 1.165) is 0 Å². The molecule has 1 aliphatic rings. The second-order valence-electron chi connectivity index (χ2n) is 10.7. The standard InChI is InChI=1S/C28H34ClFN4O6/c1-15(2)12-37-27(35)34-18(14-38-28(34,6)7)13-36-24-11-20(29)19(10-21(24)30)25-32-26(40-33-25)22-8-9-23(17(5)31-22)39-16(3)4/h8-11,15-16,18H,12-14H2,1-7H3/t18-/m0/s1. The molecule has 1 fully saturated rings. The Morgan fingerprint density at radius 3 is 2.62 bits per heavy atom. The quantitative estimate of drug-likeness (QED) is 0.290. The summed E-state index contributed by atoms with van der Waals surface area (Å²) in [6, 6.07) is 5.51. The zero-order valence-electron chi connectivity index (χ0n) is 23.7. The van der Waals surface area contributed by atoms with Crippen molar-refractivity contribution in [2.75, 3.05) is 19.8 Å². The molecular formula is C28H34ClFN4O6. The molecule has 0 saturated carbocycles. The summed E-state index contributed by atoms with van der Waals surface area (Å²) in [7, 11) is 0. The molecule has 216 valence electrons. The number of carbonyl (C=O) groups is 1. The van der Waals surface area contributed by atoms with Crippen LogP contribution in [0.4, 0.5) is 9.18 Å². The summed E-state index contributed by atoms with van der Waals surface area (Å²) in [5.74, 6) is 0.317. The monoisotopic (exact) mass is 576 g/mol. The van der Waals surface area contributed by atoms with Gasteiger partial charge < -0.3 is 23.5 Å². The van der Waals surface area contributed by atoms with Gasteiger partial charge in [0, 0.05) is 11.6 Å². The number of nitrogens with zero attached hydrogens (tertiary/aromatic N) is 4. The van der Waals surface area contributed by atoms with Crippen LogP contribution in [0, 0.1) is 18.7 Å². The van der Waals surface area contributed by atoms with E-state index >= 15 is 4.39 Å². The molecule has 12 heteroatoms. The summed E-state index contributed by atoms with van der Waals surface area (Å²) < 4.78 is 43.1. The van der Waals surface area contributed by atoms with Gasteiger partial charge in [-0.15, -0.1) is 0 Å². The molecule has 1 amide bonds. The lowest BCUT2D eigenvalue weighted by atomic mass is 10.2. The van der Waals surface area contributed by atoms with E-state index < -0.39 is 23.7 Å². The van der Waals surface area contributed by atoms with Crippen LogP contribution >= 0.6 is 11.6 Å². The minimum absolute atomic E-state index is 0.00819. The number of ether oxygens (including phenoxy) is 4. The predicted octanol–water partition coefficient (Wildman–Crippen LogP) is 6.30. The van der Waals surface area contributed by atoms with Gasteiger partial charge in [-0.1, -0.05) is 30.6 Å². The zero-order valence-corrected chi connectivity index (χ0v) is 24.4. The normalized spacial score (nSPS) is 16.6. The van der Waals surface area contributed by atoms with E-state index in [0.29, 0.717) is 17.1 Å². The smallest absolute Gasteiger partial charge is 0.412 e. The van der Waals surface area contributed by atoms with Gasteiger partial charge >= 0.3 is 6.09 Å². The molecule has 10 nitrogen and oxygen atoms in total. The lowest BCUT2D eigenvalue weighted by Gasteiger charge is -2.32. The molecule has 0 radical (unpaired) electrons. The average Bonchev–Trinajstić information content (AvgIpc) is 3.48. The van der Waals surface area contributed by atoms with Crippen LogP contribution in [0.5, 0.6) is 11.5 Å². The zero-order chi connectivity index (χ0) is 29.2. The molecule has 0 spiro atoms. The summed E-state index contributed by atoms with van der Waals surface area (Å²) in [4.78, 5) is 23.0. The van der Waals surface area contributed by atoms with Crippen LogP contribution in [0.15, 0.2) is 28.8 Å². The number of carbonyl (C=O) groups excluding carboxylic acids is 1. The van der Waals surface area contributed by atoms with E-state index in [9.17, 15) is 4.79 Å². The number of aryl methyl sites for hydroxylation is 1. The fourth-order valence-corrected chi connectivity index (χ4v) is 4.40. The Bertz CT molecular complexity index is 1360. The van der Waals surface area contributed by atoms with Crippen LogP contribution in [-0.4, -0.2) is 63.8 Å². The van der Waals surface area contributed by atoms with Gasteiger partial charge in [-0.25, -0.2) is 14.2 Å². The number of rotatable bonds is 9. The van der Waals surface area contributed by atoms with Crippen molar-refractivity contribution in [2.24, 2.45) is 5.92 Å². The predicted molar refractivity (Wildman–Crippen MR) is 146 cm³/mol. The second kappa shape index (κ2) is 12.0. The average molecular weight is 577 g/mol. The summed E-state index contributed by atoms with van der Waals surface area (Å²) in [5, 5.41) is 4.11. The van der Waals surface area contributed by atoms with Crippen molar-refractivity contribution < 1.29 is 32.7 Å². The highest BCUT2D eigenvalue weighted by Gasteiger charge is 2.45. The maximum Gasteiger partial charge on any atom is 0.412 e. The third kappa shape index (κ3) is 6.64. The van der Waals surface area contributed by atoms with Crippen molar-refractivity contribution >= 4 is 17.7 Å². The Kier molecular flexibility index (Phi) is 8.84. The topological polar surface area (TPSA) is 109 Å². The number of benzene rings is 1. The van der Waals surface area contributed by atoms with E-state index in [4.69, 9.17) is 35.1 Å². The highest BCUT2D eigenvalue weighted by molar-refractivity contribution is 6.33. The Morgan fingerprint density at radius 2 is 1.95 bits per heavy atom. The third-order valence-electron chi connectivity index (χ3n) is 6.05. The van der Waals surface area contributed by atoms with Gasteiger partial charge in [0.2, 0.25) is 5.82 Å². The summed E-state index contributed by atoms with van der Waals surface area (Å²) >= 11 is 6.47. The van der Waals surface area contributed by atoms with E-state index in [2.05, 4.69) is 15.1 Å². The Hall–Kier alpha value is -3.44. The van der Waals surface area contributed by atoms with Crippen LogP contribution in [0.2, 0.25) is 5.02 Å². The Labute approximate surface area is 237 Å². The van der Waals surface area contributed by atoms with Crippen LogP contribution < -0.4 is 9.47 Å². The molecular weight excluding hydrogens is 543 g/mol. The maximum absolute atomic E-state index is 15.1. The lowest BCUT2D eigenvalue weighted by molar-refractivity contribution is -0.0504. The molecule has 1 aliphatic heterocycles. The van der Waals surface area contributed by atoms with Crippen LogP contribution in [0.25, 0.3) is 23.0 Å². The van der Waals surface area contributed by atoms with Gasteiger partial charge in [0.05, 0.1) is 36.1 Å². The molecule has 2 aromatic heterocycles. The molecule has 4 rings (SSSR count). The van der Waals surface area contributed by atoms with Gasteiger partial charge in [-0.05, 0) is 58.7 Å². The van der Waals surface area contributed by atoms with Crippen molar-refractivity contribution in [1.82, 2.24) is 20.0 Å². The first kappa shape index (κ1) is 29.5. The van der Waals surface area contributed by atoms with Crippen molar-refractivity contribution in [2.45, 2.75) is 66.3 Å². The van der Waals surface area contributed by atoms with Crippen molar-refractivity contribution in [3.63, 3.8) is 0 Å². The van der Waals surface area contributed by atoms with Gasteiger partial charge in [-0.2, -0.15) is 4.98 Å². The largest absolute Gasteiger partial charge is 0.489 e. The van der Waals surface area contributed by atoms with Gasteiger partial charge in [0.15, 0.2) is 11.6 Å². The first-order valence-electron chi connectivity index (χ1n) is 13.1. The molecule has 3 aromatic rings. The highest BCUT2D eigenvalue weighted by Crippen LogP contribution is 2.34. The number of hydrogen-bond donors (Lipinski definition) is 0. The number of halogens is 2. The molecule has 0 N–H and O–H groups in total. The molecule has 0 bridgehead atoms. The molecule has 1 aromatic carbocycles. The molecule has 0 unspecified atom stereocenters. The van der Waals surface area contributed by atoms with Crippen molar-refractivity contribution in [3.8, 4) is 34.5 Å². The van der Waals surface area contributed by atoms with Crippen molar-refractivity contribution in [3.05, 3.63) is 40.8 Å². The van der Waals surface area contributed by atoms with E-state index in [1.165, 1.54) is 17.0 Å². The van der Waals surface area contributed by atoms with Gasteiger partial charge in [-0.3, -0.25) is 4.90 Å². The minimum atomic E-state index is -0.895. The van der Waals surface area contributed by atoms with Crippen LogP contribution in [0.3, 0.4) is 0 Å². The van der Waals surface area contributed by atoms with Crippen LogP contribution in [0.1, 0.15) is 47.2 Å². The number of hydrogen-bond acceptors (Lipinski definition) is 9. The number of pyridine rings is 1. The summed E-state index contributed by atoms with van der Waals surface area (Å²) in [6.45, 7) is 13.6. The van der Waals surface area contributed by atoms with Gasteiger partial charge in [0.1, 0.15) is 23.8 Å². The maximum atomic E-state index is 15.1. The van der Waals surface area contributed by atoms with Crippen molar-refractivity contribution in [1.29, 1.82) is 0 Å². The molecule has 40 heavy (non-hydrogen) atoms. The Balaban J connectivity index is 1.47. The van der Waals surface area contributed by atoms with Crippen LogP contribution in [-0.2, 0) is 9.47 Å². The highest BCUT2D eigenvalue weighted by atomic mass is 35.5. The fraction of sp³-hybridized carbons (Fsp3) is 0.500. The fourth-order valence-electron chi connectivity index (χ4n) is 4.16. The first-order chi connectivity index (χ1) is 18.9. The molecule has 3 heterocycles. The molecule has 1 atom stereocenters. The third-order valence-corrected chi connectivity index (χ3v) is 6.36. The van der Waals surface area contributed by atoms with E-state index in [1.54, 1.807) is 26.0 Å². The van der Waals surface area contributed by atoms with E-state index in [-0.39, 0.29) is 59.9 Å². The summed E-state index contributed by atoms with van der Waals surface area (Å²) in [5.41, 5.74) is 0.441. The van der Waals surface area contributed by atoms with E-state index in [1.807, 2.05) is 34.6 Å². The second-order valence-corrected chi connectivity index (χ2v) is 11.1. The number of aromatic nitrogens is 3. The Morgan fingerprint density at radius 1 is 1.20 bits per heavy atom. The minimum Gasteiger partial charge on any atom is -0.489 e. The SMILES string of the molecule is Cc1nc(-c2nc(-c3cc(F)c(OC[C@H]4COC(C)(C)N4C(=O)OCC(C)C)cc3Cl)no2)ccc1OC(C)C. The number of amides is 1. The first-order valence-corrected chi connectivity index (χ1v) is 13.4. The summed E-state index contributed by atoms with van der Waals surface area (Å²) in [6.07, 6.45) is -0.507. The molecule has 0 aliphatic carbocycles. The molecule has 1 saturated heterocycles.